The number of nitrogens with zero attached hydrogens (tertiary/aromatic N) is 3. The molecule has 0 saturated carbocycles. The largest absolute Gasteiger partial charge is 0.472 e. The molecule has 3 aromatic rings. The van der Waals surface area contributed by atoms with E-state index in [0.717, 1.165) is 16.9 Å². The van der Waals surface area contributed by atoms with Gasteiger partial charge in [-0.3, -0.25) is 0 Å². The third-order valence-corrected chi connectivity index (χ3v) is 2.67. The van der Waals surface area contributed by atoms with Gasteiger partial charge >= 0.3 is 0 Å². The summed E-state index contributed by atoms with van der Waals surface area (Å²) in [7, 11) is 0. The molecule has 18 heavy (non-hydrogen) atoms. The minimum atomic E-state index is 0.597. The quantitative estimate of drug-likeness (QED) is 0.746. The summed E-state index contributed by atoms with van der Waals surface area (Å²) in [6.45, 7) is 2.01. The van der Waals surface area contributed by atoms with Gasteiger partial charge in [-0.15, -0.1) is 0 Å². The summed E-state index contributed by atoms with van der Waals surface area (Å²) >= 11 is 0. The van der Waals surface area contributed by atoms with Crippen molar-refractivity contribution in [2.45, 2.75) is 6.92 Å². The highest BCUT2D eigenvalue weighted by Gasteiger charge is 2.11. The Morgan fingerprint density at radius 2 is 2.22 bits per heavy atom. The summed E-state index contributed by atoms with van der Waals surface area (Å²) in [6.07, 6.45) is 6.72. The van der Waals surface area contributed by atoms with Crippen LogP contribution in [0.4, 0.5) is 5.69 Å². The van der Waals surface area contributed by atoms with E-state index in [9.17, 15) is 0 Å². The second kappa shape index (κ2) is 4.03. The summed E-state index contributed by atoms with van der Waals surface area (Å²) in [5, 5.41) is 4.43. The predicted molar refractivity (Wildman–Crippen MR) is 68.2 cm³/mol. The van der Waals surface area contributed by atoms with Crippen molar-refractivity contribution in [3.63, 3.8) is 0 Å². The Morgan fingerprint density at radius 3 is 2.94 bits per heavy atom. The van der Waals surface area contributed by atoms with E-state index in [1.807, 2.05) is 25.1 Å². The zero-order chi connectivity index (χ0) is 12.5. The average Bonchev–Trinajstić information content (AvgIpc) is 2.97. The molecule has 5 nitrogen and oxygen atoms in total. The highest BCUT2D eigenvalue weighted by atomic mass is 16.3. The van der Waals surface area contributed by atoms with E-state index in [4.69, 9.17) is 10.2 Å². The molecule has 5 heteroatoms. The van der Waals surface area contributed by atoms with Crippen molar-refractivity contribution < 1.29 is 4.42 Å². The van der Waals surface area contributed by atoms with Crippen molar-refractivity contribution >= 4 is 5.69 Å². The Balaban J connectivity index is 2.08. The second-order valence-corrected chi connectivity index (χ2v) is 4.08. The third-order valence-electron chi connectivity index (χ3n) is 2.67. The maximum Gasteiger partial charge on any atom is 0.153 e. The Hall–Kier alpha value is -2.56. The Morgan fingerprint density at radius 1 is 1.33 bits per heavy atom. The Kier molecular flexibility index (Phi) is 2.37. The fraction of sp³-hybridized carbons (Fsp3) is 0.0769. The van der Waals surface area contributed by atoms with E-state index in [-0.39, 0.29) is 0 Å². The third kappa shape index (κ3) is 1.75. The van der Waals surface area contributed by atoms with E-state index in [0.29, 0.717) is 11.4 Å². The molecule has 0 bridgehead atoms. The van der Waals surface area contributed by atoms with Crippen molar-refractivity contribution in [1.82, 2.24) is 14.8 Å². The molecule has 0 spiro atoms. The summed E-state index contributed by atoms with van der Waals surface area (Å²) in [5.41, 5.74) is 9.24. The van der Waals surface area contributed by atoms with Crippen molar-refractivity contribution in [1.29, 1.82) is 0 Å². The normalized spacial score (nSPS) is 10.7. The first-order chi connectivity index (χ1) is 8.74. The van der Waals surface area contributed by atoms with Crippen LogP contribution in [0.15, 0.2) is 47.5 Å². The number of pyridine rings is 1. The van der Waals surface area contributed by atoms with Gasteiger partial charge in [0.15, 0.2) is 5.82 Å². The molecule has 0 aliphatic heterocycles. The molecule has 0 aliphatic carbocycles. The van der Waals surface area contributed by atoms with Crippen molar-refractivity contribution in [2.75, 3.05) is 5.73 Å². The molecular weight excluding hydrogens is 228 g/mol. The Labute approximate surface area is 104 Å². The molecule has 0 aromatic carbocycles. The SMILES string of the molecule is Cc1ccnc(-n2cc(N)c(-c3ccoc3)n2)c1. The molecule has 3 aromatic heterocycles. The molecule has 90 valence electrons. The van der Waals surface area contributed by atoms with Crippen LogP contribution in [0.1, 0.15) is 5.56 Å². The number of aryl methyl sites for hydroxylation is 1. The molecule has 3 rings (SSSR count). The van der Waals surface area contributed by atoms with Gasteiger partial charge in [-0.1, -0.05) is 0 Å². The summed E-state index contributed by atoms with van der Waals surface area (Å²) in [5.74, 6) is 0.747. The Bertz CT molecular complexity index is 670. The lowest BCUT2D eigenvalue weighted by molar-refractivity contribution is 0.568. The molecule has 0 amide bonds. The molecule has 0 unspecified atom stereocenters. The predicted octanol–water partition coefficient (Wildman–Crippen LogP) is 2.42. The number of aromatic nitrogens is 3. The first kappa shape index (κ1) is 10.6. The zero-order valence-corrected chi connectivity index (χ0v) is 9.87. The number of nitrogens with two attached hydrogens (primary N) is 1. The van der Waals surface area contributed by atoms with Crippen molar-refractivity contribution in [2.24, 2.45) is 0 Å². The lowest BCUT2D eigenvalue weighted by Gasteiger charge is -2.00. The number of nitrogen functional groups attached to an aromatic ring is 1. The smallest absolute Gasteiger partial charge is 0.153 e. The topological polar surface area (TPSA) is 69.9 Å². The standard InChI is InChI=1S/C13H12N4O/c1-9-2-4-15-12(6-9)17-7-11(14)13(16-17)10-3-5-18-8-10/h2-8H,14H2,1H3. The van der Waals surface area contributed by atoms with Gasteiger partial charge in [0, 0.05) is 11.8 Å². The number of furan rings is 1. The number of rotatable bonds is 2. The van der Waals surface area contributed by atoms with Crippen molar-refractivity contribution in [3.05, 3.63) is 48.7 Å². The fourth-order valence-electron chi connectivity index (χ4n) is 1.77. The van der Waals surface area contributed by atoms with E-state index in [2.05, 4.69) is 10.1 Å². The van der Waals surface area contributed by atoms with Gasteiger partial charge in [-0.25, -0.2) is 9.67 Å². The highest BCUT2D eigenvalue weighted by Crippen LogP contribution is 2.25. The molecule has 0 aliphatic rings. The van der Waals surface area contributed by atoms with Crippen LogP contribution in [0.2, 0.25) is 0 Å². The van der Waals surface area contributed by atoms with E-state index in [1.54, 1.807) is 29.6 Å². The molecule has 3 heterocycles. The summed E-state index contributed by atoms with van der Waals surface area (Å²) in [6, 6.07) is 5.71. The van der Waals surface area contributed by atoms with Crippen LogP contribution in [-0.4, -0.2) is 14.8 Å². The van der Waals surface area contributed by atoms with Crippen LogP contribution in [0.3, 0.4) is 0 Å². The van der Waals surface area contributed by atoms with Crippen LogP contribution in [0.5, 0.6) is 0 Å². The second-order valence-electron chi connectivity index (χ2n) is 4.08. The van der Waals surface area contributed by atoms with Gasteiger partial charge in [0.05, 0.1) is 24.4 Å². The number of anilines is 1. The molecular formula is C13H12N4O. The minimum absolute atomic E-state index is 0.597. The fourth-order valence-corrected chi connectivity index (χ4v) is 1.77. The summed E-state index contributed by atoms with van der Waals surface area (Å²) in [4.78, 5) is 4.27. The molecule has 0 radical (unpaired) electrons. The van der Waals surface area contributed by atoms with Crippen LogP contribution in [0.25, 0.3) is 17.1 Å². The number of hydrogen-bond acceptors (Lipinski definition) is 4. The lowest BCUT2D eigenvalue weighted by atomic mass is 10.2. The van der Waals surface area contributed by atoms with Crippen LogP contribution in [-0.2, 0) is 0 Å². The van der Waals surface area contributed by atoms with Gasteiger partial charge in [0.2, 0.25) is 0 Å². The first-order valence-corrected chi connectivity index (χ1v) is 5.55. The first-order valence-electron chi connectivity index (χ1n) is 5.55. The van der Waals surface area contributed by atoms with E-state index in [1.165, 1.54) is 0 Å². The molecule has 0 fully saturated rings. The van der Waals surface area contributed by atoms with Gasteiger partial charge in [-0.2, -0.15) is 5.10 Å². The van der Waals surface area contributed by atoms with Crippen LogP contribution in [0, 0.1) is 6.92 Å². The molecule has 2 N–H and O–H groups in total. The average molecular weight is 240 g/mol. The monoisotopic (exact) mass is 240 g/mol. The number of hydrogen-bond donors (Lipinski definition) is 1. The maximum atomic E-state index is 5.96. The van der Waals surface area contributed by atoms with Crippen LogP contribution >= 0.6 is 0 Å². The van der Waals surface area contributed by atoms with Gasteiger partial charge < -0.3 is 10.2 Å². The van der Waals surface area contributed by atoms with E-state index >= 15 is 0 Å². The van der Waals surface area contributed by atoms with Gasteiger partial charge in [0.1, 0.15) is 5.69 Å². The molecule has 0 atom stereocenters. The zero-order valence-electron chi connectivity index (χ0n) is 9.87. The van der Waals surface area contributed by atoms with Gasteiger partial charge in [0.25, 0.3) is 0 Å². The maximum absolute atomic E-state index is 5.96. The minimum Gasteiger partial charge on any atom is -0.472 e. The summed E-state index contributed by atoms with van der Waals surface area (Å²) < 4.78 is 6.71. The van der Waals surface area contributed by atoms with Crippen LogP contribution < -0.4 is 5.73 Å². The highest BCUT2D eigenvalue weighted by molar-refractivity contribution is 5.71. The van der Waals surface area contributed by atoms with E-state index < -0.39 is 0 Å². The van der Waals surface area contributed by atoms with Gasteiger partial charge in [-0.05, 0) is 30.7 Å². The lowest BCUT2D eigenvalue weighted by Crippen LogP contribution is -1.98. The molecule has 0 saturated heterocycles. The van der Waals surface area contributed by atoms with Crippen molar-refractivity contribution in [3.8, 4) is 17.1 Å².